The van der Waals surface area contributed by atoms with Crippen molar-refractivity contribution >= 4 is 17.3 Å². The summed E-state index contributed by atoms with van der Waals surface area (Å²) < 4.78 is 28.0. The molecule has 1 aromatic carbocycles. The normalized spacial score (nSPS) is 29.2. The van der Waals surface area contributed by atoms with Gasteiger partial charge in [-0.05, 0) is 31.2 Å². The van der Waals surface area contributed by atoms with Crippen LogP contribution in [-0.2, 0) is 15.3 Å². The van der Waals surface area contributed by atoms with Gasteiger partial charge in [-0.3, -0.25) is 0 Å². The molecule has 4 atom stereocenters. The van der Waals surface area contributed by atoms with Gasteiger partial charge in [-0.1, -0.05) is 18.2 Å². The molecule has 1 aliphatic rings. The van der Waals surface area contributed by atoms with Crippen molar-refractivity contribution < 1.29 is 28.9 Å². The molecule has 4 rings (SSSR count). The summed E-state index contributed by atoms with van der Waals surface area (Å²) in [6, 6.07) is 10.9. The van der Waals surface area contributed by atoms with Crippen molar-refractivity contribution in [2.75, 3.05) is 12.3 Å². The molecule has 0 spiro atoms. The van der Waals surface area contributed by atoms with Crippen molar-refractivity contribution in [3.63, 3.8) is 0 Å². The van der Waals surface area contributed by atoms with Crippen LogP contribution in [0.15, 0.2) is 48.8 Å². The molecule has 0 saturated carbocycles. The van der Waals surface area contributed by atoms with Crippen LogP contribution in [-0.4, -0.2) is 55.3 Å². The molecule has 0 bridgehead atoms. The SMILES string of the molecule is C[C@@]1(F)[C@H](OC(=O)c2ccccc2)[C@@H](CO)OC1(O)c1ccc2c(N)ncnn12. The first-order chi connectivity index (χ1) is 13.8. The summed E-state index contributed by atoms with van der Waals surface area (Å²) in [5, 5.41) is 24.9. The fraction of sp³-hybridized carbons (Fsp3) is 0.316. The van der Waals surface area contributed by atoms with Gasteiger partial charge in [-0.2, -0.15) is 5.10 Å². The average molecular weight is 402 g/mol. The van der Waals surface area contributed by atoms with Crippen LogP contribution in [0, 0.1) is 0 Å². The summed E-state index contributed by atoms with van der Waals surface area (Å²) in [4.78, 5) is 16.3. The number of fused-ring (bicyclic) bond motifs is 1. The Labute approximate surface area is 164 Å². The number of ether oxygens (including phenoxy) is 2. The van der Waals surface area contributed by atoms with Crippen LogP contribution in [0.3, 0.4) is 0 Å². The Morgan fingerprint density at radius 3 is 2.76 bits per heavy atom. The smallest absolute Gasteiger partial charge is 0.338 e. The van der Waals surface area contributed by atoms with E-state index in [1.807, 2.05) is 0 Å². The van der Waals surface area contributed by atoms with Crippen molar-refractivity contribution in [3.8, 4) is 0 Å². The molecular weight excluding hydrogens is 383 g/mol. The van der Waals surface area contributed by atoms with E-state index in [1.165, 1.54) is 28.8 Å². The molecule has 4 N–H and O–H groups in total. The first kappa shape index (κ1) is 19.2. The highest BCUT2D eigenvalue weighted by molar-refractivity contribution is 5.89. The first-order valence-electron chi connectivity index (χ1n) is 8.84. The highest BCUT2D eigenvalue weighted by Gasteiger charge is 2.68. The number of aliphatic hydroxyl groups is 2. The number of aromatic nitrogens is 3. The van der Waals surface area contributed by atoms with Gasteiger partial charge in [0.2, 0.25) is 11.5 Å². The number of nitrogen functional groups attached to an aromatic ring is 1. The summed E-state index contributed by atoms with van der Waals surface area (Å²) in [6.07, 6.45) is -1.75. The number of nitrogens with zero attached hydrogens (tertiary/aromatic N) is 3. The lowest BCUT2D eigenvalue weighted by Gasteiger charge is -2.32. The topological polar surface area (TPSA) is 132 Å². The number of aliphatic hydroxyl groups excluding tert-OH is 1. The number of anilines is 1. The van der Waals surface area contributed by atoms with Crippen molar-refractivity contribution in [2.24, 2.45) is 0 Å². The fourth-order valence-corrected chi connectivity index (χ4v) is 3.54. The number of alkyl halides is 1. The predicted molar refractivity (Wildman–Crippen MR) is 98.4 cm³/mol. The molecule has 3 heterocycles. The minimum absolute atomic E-state index is 0.0803. The number of carbonyl (C=O) groups excluding carboxylic acids is 1. The molecule has 9 nitrogen and oxygen atoms in total. The molecule has 1 aliphatic heterocycles. The number of halogens is 1. The van der Waals surface area contributed by atoms with Gasteiger partial charge >= 0.3 is 5.97 Å². The Bertz CT molecular complexity index is 1060. The molecule has 1 unspecified atom stereocenters. The monoisotopic (exact) mass is 402 g/mol. The molecule has 2 aromatic heterocycles. The Morgan fingerprint density at radius 1 is 1.34 bits per heavy atom. The van der Waals surface area contributed by atoms with Gasteiger partial charge < -0.3 is 25.4 Å². The molecule has 3 aromatic rings. The number of esters is 1. The Hall–Kier alpha value is -3.08. The van der Waals surface area contributed by atoms with Gasteiger partial charge in [0.15, 0.2) is 11.9 Å². The van der Waals surface area contributed by atoms with E-state index in [4.69, 9.17) is 15.2 Å². The van der Waals surface area contributed by atoms with E-state index in [-0.39, 0.29) is 17.1 Å². The summed E-state index contributed by atoms with van der Waals surface area (Å²) in [5.74, 6) is -3.26. The van der Waals surface area contributed by atoms with E-state index in [9.17, 15) is 15.0 Å². The molecule has 0 amide bonds. The standard InChI is InChI=1S/C19H19FN4O5/c1-18(20)15(28-17(26)11-5-3-2-4-6-11)13(9-25)29-19(18,27)14-8-7-12-16(21)22-10-23-24(12)14/h2-8,10,13,15,25,27H,9H2,1H3,(H2,21,22,23)/t13-,15-,18-,19?/m1/s1. The van der Waals surface area contributed by atoms with Gasteiger partial charge in [0, 0.05) is 0 Å². The minimum atomic E-state index is -2.63. The van der Waals surface area contributed by atoms with Crippen LogP contribution >= 0.6 is 0 Å². The van der Waals surface area contributed by atoms with Crippen molar-refractivity contribution in [1.82, 2.24) is 14.6 Å². The van der Waals surface area contributed by atoms with Crippen LogP contribution in [0.1, 0.15) is 23.0 Å². The van der Waals surface area contributed by atoms with Crippen LogP contribution in [0.2, 0.25) is 0 Å². The minimum Gasteiger partial charge on any atom is -0.452 e. The van der Waals surface area contributed by atoms with Gasteiger partial charge in [0.25, 0.3) is 0 Å². The zero-order valence-corrected chi connectivity index (χ0v) is 15.4. The number of carbonyl (C=O) groups is 1. The molecule has 1 fully saturated rings. The van der Waals surface area contributed by atoms with Crippen LogP contribution < -0.4 is 5.73 Å². The maximum atomic E-state index is 16.0. The molecule has 0 aliphatic carbocycles. The van der Waals surface area contributed by atoms with Crippen molar-refractivity contribution in [3.05, 3.63) is 60.0 Å². The summed E-state index contributed by atoms with van der Waals surface area (Å²) in [7, 11) is 0. The molecule has 1 saturated heterocycles. The second-order valence-electron chi connectivity index (χ2n) is 6.91. The van der Waals surface area contributed by atoms with E-state index in [0.717, 1.165) is 13.3 Å². The molecule has 0 radical (unpaired) electrons. The predicted octanol–water partition coefficient (Wildman–Crippen LogP) is 0.801. The van der Waals surface area contributed by atoms with Gasteiger partial charge in [0.1, 0.15) is 23.6 Å². The Balaban J connectivity index is 1.74. The average Bonchev–Trinajstić information content (AvgIpc) is 3.23. The highest BCUT2D eigenvalue weighted by Crippen LogP contribution is 2.49. The third kappa shape index (κ3) is 2.84. The second-order valence-corrected chi connectivity index (χ2v) is 6.91. The van der Waals surface area contributed by atoms with Gasteiger partial charge in [-0.15, -0.1) is 0 Å². The number of rotatable bonds is 4. The quantitative estimate of drug-likeness (QED) is 0.546. The molecule has 29 heavy (non-hydrogen) atoms. The van der Waals surface area contributed by atoms with E-state index in [2.05, 4.69) is 10.1 Å². The first-order valence-corrected chi connectivity index (χ1v) is 8.84. The largest absolute Gasteiger partial charge is 0.452 e. The molecular formula is C19H19FN4O5. The number of nitrogens with two attached hydrogens (primary N) is 1. The van der Waals surface area contributed by atoms with E-state index < -0.39 is 36.2 Å². The maximum Gasteiger partial charge on any atom is 0.338 e. The van der Waals surface area contributed by atoms with E-state index in [1.54, 1.807) is 18.2 Å². The molecule has 152 valence electrons. The van der Waals surface area contributed by atoms with Crippen LogP contribution in [0.25, 0.3) is 5.52 Å². The van der Waals surface area contributed by atoms with E-state index in [0.29, 0.717) is 5.52 Å². The van der Waals surface area contributed by atoms with Gasteiger partial charge in [0.05, 0.1) is 12.2 Å². The zero-order chi connectivity index (χ0) is 20.8. The zero-order valence-electron chi connectivity index (χ0n) is 15.4. The molecule has 10 heteroatoms. The van der Waals surface area contributed by atoms with Crippen LogP contribution in [0.5, 0.6) is 0 Å². The summed E-state index contributed by atoms with van der Waals surface area (Å²) >= 11 is 0. The lowest BCUT2D eigenvalue weighted by molar-refractivity contribution is -0.256. The third-order valence-electron chi connectivity index (χ3n) is 5.11. The Morgan fingerprint density at radius 2 is 2.07 bits per heavy atom. The van der Waals surface area contributed by atoms with Gasteiger partial charge in [-0.25, -0.2) is 18.7 Å². The maximum absolute atomic E-state index is 16.0. The van der Waals surface area contributed by atoms with Crippen molar-refractivity contribution in [2.45, 2.75) is 30.6 Å². The van der Waals surface area contributed by atoms with Crippen LogP contribution in [0.4, 0.5) is 10.2 Å². The fourth-order valence-electron chi connectivity index (χ4n) is 3.54. The highest BCUT2D eigenvalue weighted by atomic mass is 19.1. The number of benzene rings is 1. The summed E-state index contributed by atoms with van der Waals surface area (Å²) in [6.45, 7) is 0.352. The number of hydrogen-bond acceptors (Lipinski definition) is 8. The lowest BCUT2D eigenvalue weighted by Crippen LogP contribution is -2.51. The number of hydrogen-bond donors (Lipinski definition) is 3. The summed E-state index contributed by atoms with van der Waals surface area (Å²) in [5.41, 5.74) is 3.62. The van der Waals surface area contributed by atoms with E-state index >= 15 is 4.39 Å². The lowest BCUT2D eigenvalue weighted by atomic mass is 9.89. The van der Waals surface area contributed by atoms with Crippen molar-refractivity contribution in [1.29, 1.82) is 0 Å². The third-order valence-corrected chi connectivity index (χ3v) is 5.11. The second kappa shape index (κ2) is 6.76. The Kier molecular flexibility index (Phi) is 4.49.